The second kappa shape index (κ2) is 9.05. The summed E-state index contributed by atoms with van der Waals surface area (Å²) in [7, 11) is 0. The highest BCUT2D eigenvalue weighted by atomic mass is 32.1. The number of hydrogen-bond donors (Lipinski definition) is 0. The van der Waals surface area contributed by atoms with E-state index in [0.717, 1.165) is 10.4 Å². The minimum absolute atomic E-state index is 0.231. The third-order valence-electron chi connectivity index (χ3n) is 4.77. The van der Waals surface area contributed by atoms with Crippen molar-refractivity contribution in [3.05, 3.63) is 83.2 Å². The highest BCUT2D eigenvalue weighted by molar-refractivity contribution is 7.10. The lowest BCUT2D eigenvalue weighted by Crippen LogP contribution is -2.39. The fraction of sp³-hybridized carbons (Fsp3) is 0.217. The molecule has 0 fully saturated rings. The van der Waals surface area contributed by atoms with Crippen molar-refractivity contribution in [3.63, 3.8) is 0 Å². The summed E-state index contributed by atoms with van der Waals surface area (Å²) in [6, 6.07) is 10.1. The molecule has 32 heavy (non-hydrogen) atoms. The Labute approximate surface area is 191 Å². The van der Waals surface area contributed by atoms with Gasteiger partial charge in [0.05, 0.1) is 22.4 Å². The van der Waals surface area contributed by atoms with Crippen LogP contribution in [-0.2, 0) is 14.3 Å². The second-order valence-electron chi connectivity index (χ2n) is 6.98. The lowest BCUT2D eigenvalue weighted by atomic mass is 10.0. The topological polar surface area (TPSA) is 87.0 Å². The molecular formula is C23H20N2O5S2. The predicted molar refractivity (Wildman–Crippen MR) is 122 cm³/mol. The Morgan fingerprint density at radius 1 is 1.22 bits per heavy atom. The standard InChI is InChI=1S/C23H20N2O5S2/c1-4-29-22(28)19-13(2)24-23-25(20(19)17-6-5-11-31-17)21(27)18(32-23)12-15-7-9-16(10-8-15)30-14(3)26/h5-12,20H,4H2,1-3H3/b18-12-/t20-/m1/s1. The Morgan fingerprint density at radius 3 is 2.59 bits per heavy atom. The van der Waals surface area contributed by atoms with Gasteiger partial charge in [-0.1, -0.05) is 29.5 Å². The van der Waals surface area contributed by atoms with Crippen molar-refractivity contribution in [1.29, 1.82) is 0 Å². The Bertz CT molecular complexity index is 1380. The van der Waals surface area contributed by atoms with Crippen LogP contribution in [0.25, 0.3) is 6.08 Å². The number of ether oxygens (including phenoxy) is 2. The lowest BCUT2D eigenvalue weighted by Gasteiger charge is -2.23. The van der Waals surface area contributed by atoms with Crippen molar-refractivity contribution in [2.24, 2.45) is 4.99 Å². The molecule has 0 saturated carbocycles. The molecule has 0 bridgehead atoms. The van der Waals surface area contributed by atoms with Crippen molar-refractivity contribution in [3.8, 4) is 5.75 Å². The number of aromatic nitrogens is 1. The molecule has 1 aromatic carbocycles. The molecule has 9 heteroatoms. The van der Waals surface area contributed by atoms with Gasteiger partial charge in [0.2, 0.25) is 0 Å². The first-order valence-electron chi connectivity index (χ1n) is 9.90. The third kappa shape index (κ3) is 4.21. The summed E-state index contributed by atoms with van der Waals surface area (Å²) in [6.07, 6.45) is 1.76. The summed E-state index contributed by atoms with van der Waals surface area (Å²) in [6.45, 7) is 5.08. The first kappa shape index (κ1) is 21.9. The summed E-state index contributed by atoms with van der Waals surface area (Å²) >= 11 is 2.74. The molecule has 0 spiro atoms. The molecule has 7 nitrogen and oxygen atoms in total. The van der Waals surface area contributed by atoms with E-state index >= 15 is 0 Å². The van der Waals surface area contributed by atoms with Crippen molar-refractivity contribution in [1.82, 2.24) is 4.57 Å². The van der Waals surface area contributed by atoms with Crippen LogP contribution in [0.5, 0.6) is 5.75 Å². The van der Waals surface area contributed by atoms with Gasteiger partial charge in [-0.05, 0) is 49.1 Å². The van der Waals surface area contributed by atoms with Crippen molar-refractivity contribution < 1.29 is 19.1 Å². The van der Waals surface area contributed by atoms with Crippen molar-refractivity contribution in [2.45, 2.75) is 26.8 Å². The smallest absolute Gasteiger partial charge is 0.338 e. The molecule has 1 aliphatic rings. The van der Waals surface area contributed by atoms with E-state index in [2.05, 4.69) is 4.99 Å². The zero-order chi connectivity index (χ0) is 22.8. The highest BCUT2D eigenvalue weighted by Crippen LogP contribution is 2.33. The van der Waals surface area contributed by atoms with Crippen LogP contribution in [0, 0.1) is 0 Å². The van der Waals surface area contributed by atoms with Crippen LogP contribution in [0.1, 0.15) is 37.3 Å². The minimum atomic E-state index is -0.584. The van der Waals surface area contributed by atoms with Crippen LogP contribution in [0.15, 0.2) is 62.8 Å². The molecule has 2 aromatic heterocycles. The number of thiophene rings is 1. The van der Waals surface area contributed by atoms with Crippen LogP contribution < -0.4 is 19.6 Å². The third-order valence-corrected chi connectivity index (χ3v) is 6.68. The van der Waals surface area contributed by atoms with Crippen LogP contribution in [0.3, 0.4) is 0 Å². The average Bonchev–Trinajstić information content (AvgIpc) is 3.37. The maximum Gasteiger partial charge on any atom is 0.338 e. The molecule has 0 aliphatic carbocycles. The van der Waals surface area contributed by atoms with Crippen LogP contribution in [0.2, 0.25) is 0 Å². The van der Waals surface area contributed by atoms with E-state index in [1.807, 2.05) is 17.5 Å². The van der Waals surface area contributed by atoms with E-state index in [0.29, 0.717) is 26.4 Å². The number of carbonyl (C=O) groups excluding carboxylic acids is 2. The summed E-state index contributed by atoms with van der Waals surface area (Å²) in [5, 5.41) is 1.91. The molecule has 164 valence electrons. The molecule has 0 N–H and O–H groups in total. The summed E-state index contributed by atoms with van der Waals surface area (Å²) in [4.78, 5) is 43.2. The van der Waals surface area contributed by atoms with E-state index in [-0.39, 0.29) is 12.2 Å². The fourth-order valence-corrected chi connectivity index (χ4v) is 5.33. The van der Waals surface area contributed by atoms with Gasteiger partial charge in [-0.2, -0.15) is 0 Å². The molecule has 4 rings (SSSR count). The summed E-state index contributed by atoms with van der Waals surface area (Å²) in [5.74, 6) is -0.432. The zero-order valence-corrected chi connectivity index (χ0v) is 19.3. The number of rotatable bonds is 5. The average molecular weight is 469 g/mol. The molecular weight excluding hydrogens is 448 g/mol. The van der Waals surface area contributed by atoms with Crippen LogP contribution in [0.4, 0.5) is 0 Å². The van der Waals surface area contributed by atoms with Gasteiger partial charge < -0.3 is 9.47 Å². The number of nitrogens with zero attached hydrogens (tertiary/aromatic N) is 2. The Kier molecular flexibility index (Phi) is 6.20. The fourth-order valence-electron chi connectivity index (χ4n) is 3.46. The summed E-state index contributed by atoms with van der Waals surface area (Å²) < 4.78 is 12.4. The Hall–Kier alpha value is -3.30. The van der Waals surface area contributed by atoms with Gasteiger partial charge in [0, 0.05) is 11.8 Å². The summed E-state index contributed by atoms with van der Waals surface area (Å²) in [5.41, 5.74) is 1.46. The van der Waals surface area contributed by atoms with Gasteiger partial charge in [0.1, 0.15) is 11.8 Å². The largest absolute Gasteiger partial charge is 0.463 e. The van der Waals surface area contributed by atoms with Crippen molar-refractivity contribution in [2.75, 3.05) is 6.61 Å². The molecule has 1 atom stereocenters. The number of fused-ring (bicyclic) bond motifs is 1. The highest BCUT2D eigenvalue weighted by Gasteiger charge is 2.33. The normalized spacial score (nSPS) is 15.8. The van der Waals surface area contributed by atoms with Gasteiger partial charge in [-0.25, -0.2) is 9.79 Å². The predicted octanol–water partition coefficient (Wildman–Crippen LogP) is 2.79. The van der Waals surface area contributed by atoms with E-state index in [4.69, 9.17) is 9.47 Å². The van der Waals surface area contributed by atoms with Gasteiger partial charge in [-0.15, -0.1) is 11.3 Å². The quantitative estimate of drug-likeness (QED) is 0.425. The Balaban J connectivity index is 1.83. The molecule has 0 saturated heterocycles. The van der Waals surface area contributed by atoms with Crippen LogP contribution in [-0.4, -0.2) is 23.1 Å². The molecule has 0 unspecified atom stereocenters. The van der Waals surface area contributed by atoms with Gasteiger partial charge >= 0.3 is 11.9 Å². The molecule has 0 radical (unpaired) electrons. The van der Waals surface area contributed by atoms with E-state index in [9.17, 15) is 14.4 Å². The SMILES string of the molecule is CCOC(=O)C1=C(C)N=c2s/c(=C\c3ccc(OC(C)=O)cc3)c(=O)n2[C@@H]1c1cccs1. The minimum Gasteiger partial charge on any atom is -0.463 e. The van der Waals surface area contributed by atoms with Gasteiger partial charge in [0.15, 0.2) is 4.80 Å². The molecule has 0 amide bonds. The number of hydrogen-bond acceptors (Lipinski definition) is 8. The monoisotopic (exact) mass is 468 g/mol. The van der Waals surface area contributed by atoms with Crippen LogP contribution >= 0.6 is 22.7 Å². The number of allylic oxidation sites excluding steroid dienone is 1. The first-order valence-corrected chi connectivity index (χ1v) is 11.6. The lowest BCUT2D eigenvalue weighted by molar-refractivity contribution is -0.139. The number of esters is 2. The molecule has 1 aliphatic heterocycles. The zero-order valence-electron chi connectivity index (χ0n) is 17.7. The van der Waals surface area contributed by atoms with E-state index in [1.165, 1.54) is 29.6 Å². The van der Waals surface area contributed by atoms with Crippen molar-refractivity contribution >= 4 is 40.7 Å². The number of thiazole rings is 1. The Morgan fingerprint density at radius 2 is 1.97 bits per heavy atom. The van der Waals surface area contributed by atoms with Gasteiger partial charge in [0.25, 0.3) is 5.56 Å². The molecule has 3 heterocycles. The maximum atomic E-state index is 13.4. The van der Waals surface area contributed by atoms with E-state index < -0.39 is 18.0 Å². The number of carbonyl (C=O) groups is 2. The van der Waals surface area contributed by atoms with Gasteiger partial charge in [-0.3, -0.25) is 14.2 Å². The second-order valence-corrected chi connectivity index (χ2v) is 8.97. The first-order chi connectivity index (χ1) is 15.4. The maximum absolute atomic E-state index is 13.4. The number of benzene rings is 1. The van der Waals surface area contributed by atoms with E-state index in [1.54, 1.807) is 48.8 Å². The molecule has 3 aromatic rings.